The average molecular weight is 544 g/mol. The second-order valence-electron chi connectivity index (χ2n) is 9.57. The fourth-order valence-electron chi connectivity index (χ4n) is 5.43. The lowest BCUT2D eigenvalue weighted by molar-refractivity contribution is -0.0328. The number of thioether (sulfide) groups is 1. The highest BCUT2D eigenvalue weighted by Crippen LogP contribution is 2.44. The highest BCUT2D eigenvalue weighted by molar-refractivity contribution is 8.00. The maximum Gasteiger partial charge on any atom is 0.446 e. The van der Waals surface area contributed by atoms with Gasteiger partial charge in [0.05, 0.1) is 0 Å². The van der Waals surface area contributed by atoms with Crippen LogP contribution in [0.2, 0.25) is 0 Å². The first-order chi connectivity index (χ1) is 17.8. The molecule has 2 aliphatic carbocycles. The predicted molar refractivity (Wildman–Crippen MR) is 154 cm³/mol. The minimum absolute atomic E-state index is 0.0892. The van der Waals surface area contributed by atoms with E-state index in [0.717, 1.165) is 65.8 Å². The van der Waals surface area contributed by atoms with E-state index in [9.17, 15) is 13.2 Å². The number of hydrogen-bond acceptors (Lipinski definition) is 3. The lowest BCUT2D eigenvalue weighted by Crippen LogP contribution is -2.05. The molecular weight excluding hydrogens is 511 g/mol. The molecule has 0 N–H and O–H groups in total. The van der Waals surface area contributed by atoms with E-state index >= 15 is 0 Å². The molecule has 3 nitrogen and oxygen atoms in total. The zero-order valence-corrected chi connectivity index (χ0v) is 22.5. The Morgan fingerprint density at radius 2 is 2.00 bits per heavy atom. The van der Waals surface area contributed by atoms with Gasteiger partial charge in [-0.1, -0.05) is 24.8 Å². The van der Waals surface area contributed by atoms with Crippen molar-refractivity contribution in [2.75, 3.05) is 5.75 Å². The minimum atomic E-state index is -4.29. The number of aromatic nitrogens is 1. The van der Waals surface area contributed by atoms with Gasteiger partial charge in [0.25, 0.3) is 0 Å². The standard InChI is InChI=1S/C29H32F3N3S2/c1-20(26(16-34-19-33-2)23-10-7-21(15-23)13-14-36)27-18-35(28-6-4-3-5-25(27)28)17-22-8-11-24(12-9-22)37-29(30,31)32/h4,6,8-9,11-12,16,18-19,21,23,36H,1-3,5,7,10,13-15,17H2/b26-16-,34-19-. The van der Waals surface area contributed by atoms with Crippen molar-refractivity contribution < 1.29 is 13.2 Å². The first kappa shape index (κ1) is 27.6. The van der Waals surface area contributed by atoms with Gasteiger partial charge in [-0.25, -0.2) is 4.99 Å². The molecule has 37 heavy (non-hydrogen) atoms. The first-order valence-corrected chi connectivity index (χ1v) is 13.9. The van der Waals surface area contributed by atoms with Crippen LogP contribution in [0, 0.1) is 11.8 Å². The van der Waals surface area contributed by atoms with Crippen molar-refractivity contribution in [2.24, 2.45) is 21.8 Å². The minimum Gasteiger partial charge on any atom is -0.343 e. The molecule has 0 amide bonds. The topological polar surface area (TPSA) is 29.6 Å². The summed E-state index contributed by atoms with van der Waals surface area (Å²) in [4.78, 5) is 8.32. The van der Waals surface area contributed by atoms with Gasteiger partial charge in [-0.2, -0.15) is 25.8 Å². The fraction of sp³-hybridized carbons (Fsp3) is 0.379. The van der Waals surface area contributed by atoms with Gasteiger partial charge in [-0.3, -0.25) is 4.99 Å². The molecule has 1 aromatic heterocycles. The number of aliphatic imine (C=N–C) groups is 2. The van der Waals surface area contributed by atoms with Gasteiger partial charge >= 0.3 is 5.51 Å². The van der Waals surface area contributed by atoms with Gasteiger partial charge < -0.3 is 4.57 Å². The summed E-state index contributed by atoms with van der Waals surface area (Å²) in [6.07, 6.45) is 16.2. The summed E-state index contributed by atoms with van der Waals surface area (Å²) in [6, 6.07) is 6.60. The molecule has 0 saturated heterocycles. The molecule has 0 radical (unpaired) electrons. The zero-order chi connectivity index (χ0) is 26.4. The van der Waals surface area contributed by atoms with Crippen LogP contribution in [0.15, 0.2) is 69.8 Å². The second kappa shape index (κ2) is 12.4. The summed E-state index contributed by atoms with van der Waals surface area (Å²) in [5, 5.41) is 0. The van der Waals surface area contributed by atoms with E-state index in [-0.39, 0.29) is 16.7 Å². The highest BCUT2D eigenvalue weighted by Gasteiger charge is 2.30. The average Bonchev–Trinajstić information content (AvgIpc) is 3.47. The number of thiol groups is 1. The van der Waals surface area contributed by atoms with Crippen molar-refractivity contribution in [1.29, 1.82) is 0 Å². The van der Waals surface area contributed by atoms with Crippen LogP contribution in [0.4, 0.5) is 13.2 Å². The van der Waals surface area contributed by atoms with Crippen LogP contribution in [-0.2, 0) is 13.0 Å². The third-order valence-corrected chi connectivity index (χ3v) is 8.13. The Labute approximate surface area is 226 Å². The predicted octanol–water partition coefficient (Wildman–Crippen LogP) is 8.47. The largest absolute Gasteiger partial charge is 0.446 e. The van der Waals surface area contributed by atoms with Crippen LogP contribution in [-0.4, -0.2) is 28.9 Å². The molecule has 2 aromatic rings. The SMILES string of the molecule is C=N/C=N\C=C(\C(=C)c1cn(Cc2ccc(SC(F)(F)F)cc2)c2c1CCC=C2)C1CCC(CCS)C1. The maximum atomic E-state index is 12.7. The number of hydrogen-bond donors (Lipinski definition) is 1. The number of allylic oxidation sites excluding steroid dienone is 3. The molecule has 196 valence electrons. The zero-order valence-electron chi connectivity index (χ0n) is 20.8. The molecule has 1 heterocycles. The Bertz CT molecular complexity index is 1210. The quantitative estimate of drug-likeness (QED) is 0.105. The van der Waals surface area contributed by atoms with Crippen molar-refractivity contribution in [3.8, 4) is 0 Å². The van der Waals surface area contributed by atoms with E-state index in [4.69, 9.17) is 0 Å². The van der Waals surface area contributed by atoms with Crippen molar-refractivity contribution in [3.05, 3.63) is 77.3 Å². The molecule has 1 saturated carbocycles. The highest BCUT2D eigenvalue weighted by atomic mass is 32.2. The normalized spacial score (nSPS) is 19.9. The van der Waals surface area contributed by atoms with Crippen LogP contribution in [0.25, 0.3) is 11.6 Å². The molecular formula is C29H32F3N3S2. The third-order valence-electron chi connectivity index (χ3n) is 7.13. The number of nitrogens with zero attached hydrogens (tertiary/aromatic N) is 3. The summed E-state index contributed by atoms with van der Waals surface area (Å²) < 4.78 is 40.3. The van der Waals surface area contributed by atoms with Crippen molar-refractivity contribution in [1.82, 2.24) is 4.57 Å². The van der Waals surface area contributed by atoms with Crippen molar-refractivity contribution >= 4 is 49.1 Å². The molecule has 2 unspecified atom stereocenters. The Morgan fingerprint density at radius 3 is 2.70 bits per heavy atom. The number of halogens is 3. The van der Waals surface area contributed by atoms with E-state index in [2.05, 4.69) is 58.8 Å². The van der Waals surface area contributed by atoms with Crippen LogP contribution in [0.1, 0.15) is 54.5 Å². The summed E-state index contributed by atoms with van der Waals surface area (Å²) in [5.41, 5.74) is 2.30. The van der Waals surface area contributed by atoms with E-state index in [1.807, 2.05) is 6.20 Å². The van der Waals surface area contributed by atoms with Gasteiger partial charge in [0.2, 0.25) is 0 Å². The van der Waals surface area contributed by atoms with E-state index in [1.165, 1.54) is 30.5 Å². The summed E-state index contributed by atoms with van der Waals surface area (Å²) >= 11 is 4.34. The summed E-state index contributed by atoms with van der Waals surface area (Å²) in [7, 11) is 0. The molecule has 0 bridgehead atoms. The number of benzene rings is 1. The monoisotopic (exact) mass is 543 g/mol. The number of alkyl halides is 3. The summed E-state index contributed by atoms with van der Waals surface area (Å²) in [6.45, 7) is 8.61. The smallest absolute Gasteiger partial charge is 0.343 e. The second-order valence-corrected chi connectivity index (χ2v) is 11.2. The summed E-state index contributed by atoms with van der Waals surface area (Å²) in [5.74, 6) is 1.95. The van der Waals surface area contributed by atoms with Gasteiger partial charge in [-0.15, -0.1) is 0 Å². The lowest BCUT2D eigenvalue weighted by Gasteiger charge is -2.19. The van der Waals surface area contributed by atoms with Gasteiger partial charge in [-0.05, 0) is 115 Å². The fourth-order valence-corrected chi connectivity index (χ4v) is 6.33. The third kappa shape index (κ3) is 7.11. The lowest BCUT2D eigenvalue weighted by atomic mass is 9.86. The molecule has 0 aliphatic heterocycles. The van der Waals surface area contributed by atoms with E-state index in [0.29, 0.717) is 18.4 Å². The van der Waals surface area contributed by atoms with Gasteiger partial charge in [0.1, 0.15) is 6.34 Å². The first-order valence-electron chi connectivity index (χ1n) is 12.5. The van der Waals surface area contributed by atoms with Crippen molar-refractivity contribution in [2.45, 2.75) is 55.5 Å². The number of rotatable bonds is 10. The van der Waals surface area contributed by atoms with Crippen LogP contribution in [0.3, 0.4) is 0 Å². The molecule has 1 fully saturated rings. The number of fused-ring (bicyclic) bond motifs is 1. The molecule has 2 aliphatic rings. The van der Waals surface area contributed by atoms with Crippen LogP contribution < -0.4 is 0 Å². The molecule has 0 spiro atoms. The van der Waals surface area contributed by atoms with Crippen LogP contribution >= 0.6 is 24.4 Å². The van der Waals surface area contributed by atoms with Crippen LogP contribution in [0.5, 0.6) is 0 Å². The van der Waals surface area contributed by atoms with E-state index in [1.54, 1.807) is 12.1 Å². The molecule has 1 aromatic carbocycles. The molecule has 4 rings (SSSR count). The van der Waals surface area contributed by atoms with Crippen molar-refractivity contribution in [3.63, 3.8) is 0 Å². The Hall–Kier alpha value is -2.45. The molecule has 2 atom stereocenters. The molecule has 8 heteroatoms. The van der Waals surface area contributed by atoms with Gasteiger partial charge in [0.15, 0.2) is 0 Å². The Balaban J connectivity index is 1.62. The maximum absolute atomic E-state index is 12.7. The van der Waals surface area contributed by atoms with E-state index < -0.39 is 5.51 Å². The van der Waals surface area contributed by atoms with Gasteiger partial charge in [0, 0.05) is 35.1 Å². The Morgan fingerprint density at radius 1 is 1.22 bits per heavy atom. The Kier molecular flexibility index (Phi) is 9.24.